The molecule has 0 aromatic heterocycles. The zero-order valence-corrected chi connectivity index (χ0v) is 16.0. The van der Waals surface area contributed by atoms with Crippen molar-refractivity contribution in [1.29, 1.82) is 0 Å². The van der Waals surface area contributed by atoms with Crippen molar-refractivity contribution in [3.63, 3.8) is 0 Å². The summed E-state index contributed by atoms with van der Waals surface area (Å²) in [5.74, 6) is -1.19. The molecule has 0 saturated carbocycles. The molecular weight excluding hydrogens is 351 g/mol. The van der Waals surface area contributed by atoms with Crippen molar-refractivity contribution >= 4 is 23.4 Å². The Labute approximate surface area is 158 Å². The Kier molecular flexibility index (Phi) is 7.29. The van der Waals surface area contributed by atoms with Crippen LogP contribution >= 0.6 is 0 Å². The molecule has 1 heterocycles. The van der Waals surface area contributed by atoms with Crippen LogP contribution in [0.2, 0.25) is 0 Å². The van der Waals surface area contributed by atoms with Gasteiger partial charge in [-0.05, 0) is 44.8 Å². The average molecular weight is 378 g/mol. The SMILES string of the molecule is Cc1cc(NC(=O)CCNC(=O)C2CC(=O)N(CCN(C)C)C2)ccc1F. The molecule has 0 aliphatic carbocycles. The molecule has 27 heavy (non-hydrogen) atoms. The van der Waals surface area contributed by atoms with Crippen LogP contribution in [0.3, 0.4) is 0 Å². The third-order valence-corrected chi connectivity index (χ3v) is 4.50. The Hall–Kier alpha value is -2.48. The summed E-state index contributed by atoms with van der Waals surface area (Å²) in [5, 5.41) is 5.39. The summed E-state index contributed by atoms with van der Waals surface area (Å²) < 4.78 is 13.2. The summed E-state index contributed by atoms with van der Waals surface area (Å²) >= 11 is 0. The summed E-state index contributed by atoms with van der Waals surface area (Å²) in [7, 11) is 3.87. The maximum atomic E-state index is 13.2. The van der Waals surface area contributed by atoms with E-state index in [0.29, 0.717) is 24.3 Å². The predicted molar refractivity (Wildman–Crippen MR) is 101 cm³/mol. The molecule has 1 aromatic carbocycles. The van der Waals surface area contributed by atoms with E-state index in [1.165, 1.54) is 12.1 Å². The molecule has 0 bridgehead atoms. The van der Waals surface area contributed by atoms with E-state index >= 15 is 0 Å². The molecule has 1 fully saturated rings. The van der Waals surface area contributed by atoms with Gasteiger partial charge in [0.1, 0.15) is 5.82 Å². The Morgan fingerprint density at radius 2 is 2.07 bits per heavy atom. The van der Waals surface area contributed by atoms with Crippen molar-refractivity contribution in [3.05, 3.63) is 29.6 Å². The van der Waals surface area contributed by atoms with Crippen LogP contribution in [0.1, 0.15) is 18.4 Å². The smallest absolute Gasteiger partial charge is 0.226 e. The van der Waals surface area contributed by atoms with E-state index in [-0.39, 0.29) is 48.8 Å². The lowest BCUT2D eigenvalue weighted by Crippen LogP contribution is -2.36. The van der Waals surface area contributed by atoms with Crippen molar-refractivity contribution in [2.24, 2.45) is 5.92 Å². The Morgan fingerprint density at radius 3 is 2.74 bits per heavy atom. The van der Waals surface area contributed by atoms with E-state index in [4.69, 9.17) is 0 Å². The van der Waals surface area contributed by atoms with Gasteiger partial charge in [-0.15, -0.1) is 0 Å². The van der Waals surface area contributed by atoms with E-state index in [2.05, 4.69) is 10.6 Å². The number of nitrogens with one attached hydrogen (secondary N) is 2. The molecule has 1 aromatic rings. The van der Waals surface area contributed by atoms with Crippen molar-refractivity contribution in [2.45, 2.75) is 19.8 Å². The number of benzene rings is 1. The first-order valence-corrected chi connectivity index (χ1v) is 9.02. The van der Waals surface area contributed by atoms with Gasteiger partial charge >= 0.3 is 0 Å². The van der Waals surface area contributed by atoms with Gasteiger partial charge < -0.3 is 20.4 Å². The highest BCUT2D eigenvalue weighted by Gasteiger charge is 2.33. The highest BCUT2D eigenvalue weighted by atomic mass is 19.1. The number of carbonyl (C=O) groups is 3. The molecular formula is C19H27FN4O3. The number of likely N-dealkylation sites (N-methyl/N-ethyl adjacent to an activating group) is 1. The van der Waals surface area contributed by atoms with E-state index < -0.39 is 0 Å². The molecule has 8 heteroatoms. The van der Waals surface area contributed by atoms with Crippen LogP contribution in [0.25, 0.3) is 0 Å². The summed E-state index contributed by atoms with van der Waals surface area (Å²) in [6.07, 6.45) is 0.313. The number of halogens is 1. The van der Waals surface area contributed by atoms with Gasteiger partial charge in [-0.1, -0.05) is 0 Å². The van der Waals surface area contributed by atoms with Gasteiger partial charge in [-0.3, -0.25) is 14.4 Å². The molecule has 3 amide bonds. The molecule has 1 saturated heterocycles. The maximum absolute atomic E-state index is 13.2. The standard InChI is InChI=1S/C19H27FN4O3/c1-13-10-15(4-5-16(13)20)22-17(25)6-7-21-19(27)14-11-18(26)24(12-14)9-8-23(2)3/h4-5,10,14H,6-9,11-12H2,1-3H3,(H,21,27)(H,22,25). The first-order chi connectivity index (χ1) is 12.8. The van der Waals surface area contributed by atoms with Crippen LogP contribution in [0, 0.1) is 18.7 Å². The predicted octanol–water partition coefficient (Wildman–Crippen LogP) is 0.989. The number of aryl methyl sites for hydroxylation is 1. The van der Waals surface area contributed by atoms with E-state index in [0.717, 1.165) is 6.54 Å². The molecule has 148 valence electrons. The molecule has 1 aliphatic heterocycles. The summed E-state index contributed by atoms with van der Waals surface area (Å²) in [5.41, 5.74) is 0.967. The molecule has 7 nitrogen and oxygen atoms in total. The number of amides is 3. The summed E-state index contributed by atoms with van der Waals surface area (Å²) in [6.45, 7) is 3.58. The quantitative estimate of drug-likeness (QED) is 0.707. The van der Waals surface area contributed by atoms with Gasteiger partial charge in [-0.25, -0.2) is 4.39 Å². The second kappa shape index (κ2) is 9.45. The van der Waals surface area contributed by atoms with Gasteiger partial charge in [0.25, 0.3) is 0 Å². The minimum absolute atomic E-state index is 0.0126. The minimum atomic E-state index is -0.373. The molecule has 2 N–H and O–H groups in total. The lowest BCUT2D eigenvalue weighted by molar-refractivity contribution is -0.129. The molecule has 1 unspecified atom stereocenters. The third-order valence-electron chi connectivity index (χ3n) is 4.50. The zero-order chi connectivity index (χ0) is 20.0. The van der Waals surface area contributed by atoms with E-state index in [1.54, 1.807) is 17.9 Å². The Balaban J connectivity index is 1.71. The van der Waals surface area contributed by atoms with Gasteiger partial charge in [0.05, 0.1) is 5.92 Å². The van der Waals surface area contributed by atoms with E-state index in [1.807, 2.05) is 19.0 Å². The van der Waals surface area contributed by atoms with Crippen LogP contribution in [-0.2, 0) is 14.4 Å². The van der Waals surface area contributed by atoms with Crippen molar-refractivity contribution in [2.75, 3.05) is 45.6 Å². The number of carbonyl (C=O) groups excluding carboxylic acids is 3. The van der Waals surface area contributed by atoms with Crippen molar-refractivity contribution < 1.29 is 18.8 Å². The monoisotopic (exact) mass is 378 g/mol. The molecule has 0 radical (unpaired) electrons. The lowest BCUT2D eigenvalue weighted by atomic mass is 10.1. The fourth-order valence-corrected chi connectivity index (χ4v) is 2.87. The number of rotatable bonds is 8. The topological polar surface area (TPSA) is 81.8 Å². The number of likely N-dealkylation sites (tertiary alicyclic amines) is 1. The van der Waals surface area contributed by atoms with Gasteiger partial charge in [0.2, 0.25) is 17.7 Å². The molecule has 1 aliphatic rings. The minimum Gasteiger partial charge on any atom is -0.355 e. The second-order valence-electron chi connectivity index (χ2n) is 7.10. The average Bonchev–Trinajstić information content (AvgIpc) is 2.97. The number of hydrogen-bond donors (Lipinski definition) is 2. The Bertz CT molecular complexity index is 708. The first-order valence-electron chi connectivity index (χ1n) is 9.02. The van der Waals surface area contributed by atoms with Crippen LogP contribution in [0.4, 0.5) is 10.1 Å². The number of anilines is 1. The van der Waals surface area contributed by atoms with Crippen LogP contribution in [0.15, 0.2) is 18.2 Å². The van der Waals surface area contributed by atoms with Crippen molar-refractivity contribution in [3.8, 4) is 0 Å². The third kappa shape index (κ3) is 6.32. The van der Waals surface area contributed by atoms with Gasteiger partial charge in [0, 0.05) is 44.7 Å². The fraction of sp³-hybridized carbons (Fsp3) is 0.526. The number of nitrogens with zero attached hydrogens (tertiary/aromatic N) is 2. The van der Waals surface area contributed by atoms with Crippen LogP contribution < -0.4 is 10.6 Å². The zero-order valence-electron chi connectivity index (χ0n) is 16.0. The fourth-order valence-electron chi connectivity index (χ4n) is 2.87. The first kappa shape index (κ1) is 20.8. The largest absolute Gasteiger partial charge is 0.355 e. The van der Waals surface area contributed by atoms with Crippen LogP contribution in [-0.4, -0.2) is 67.8 Å². The molecule has 1 atom stereocenters. The Morgan fingerprint density at radius 1 is 1.33 bits per heavy atom. The van der Waals surface area contributed by atoms with Gasteiger partial charge in [0.15, 0.2) is 0 Å². The normalized spacial score (nSPS) is 16.7. The number of hydrogen-bond acceptors (Lipinski definition) is 4. The second-order valence-corrected chi connectivity index (χ2v) is 7.10. The van der Waals surface area contributed by atoms with E-state index in [9.17, 15) is 18.8 Å². The van der Waals surface area contributed by atoms with Crippen molar-refractivity contribution in [1.82, 2.24) is 15.1 Å². The summed E-state index contributed by atoms with van der Waals surface area (Å²) in [4.78, 5) is 39.8. The highest BCUT2D eigenvalue weighted by Crippen LogP contribution is 2.17. The maximum Gasteiger partial charge on any atom is 0.226 e. The summed E-state index contributed by atoms with van der Waals surface area (Å²) in [6, 6.07) is 4.34. The van der Waals surface area contributed by atoms with Gasteiger partial charge in [-0.2, -0.15) is 0 Å². The molecule has 0 spiro atoms. The van der Waals surface area contributed by atoms with Crippen LogP contribution in [0.5, 0.6) is 0 Å². The highest BCUT2D eigenvalue weighted by molar-refractivity contribution is 5.92. The lowest BCUT2D eigenvalue weighted by Gasteiger charge is -2.19. The molecule has 2 rings (SSSR count).